The molecule has 3 aromatic rings. The number of aromatic amines is 1. The summed E-state index contributed by atoms with van der Waals surface area (Å²) in [4.78, 5) is 0.314. The maximum atomic E-state index is 13.5. The van der Waals surface area contributed by atoms with E-state index in [-0.39, 0.29) is 11.3 Å². The molecule has 1 heterocycles. The van der Waals surface area contributed by atoms with Gasteiger partial charge in [0.1, 0.15) is 22.8 Å². The van der Waals surface area contributed by atoms with Gasteiger partial charge in [0.15, 0.2) is 0 Å². The lowest BCUT2D eigenvalue weighted by Gasteiger charge is -2.10. The van der Waals surface area contributed by atoms with Crippen LogP contribution in [0, 0.1) is 24.1 Å². The normalized spacial score (nSPS) is 10.4. The van der Waals surface area contributed by atoms with Crippen molar-refractivity contribution in [2.75, 3.05) is 0 Å². The van der Waals surface area contributed by atoms with Crippen LogP contribution >= 0.6 is 11.8 Å². The van der Waals surface area contributed by atoms with Crippen molar-refractivity contribution in [3.8, 4) is 17.6 Å². The van der Waals surface area contributed by atoms with Crippen LogP contribution in [0.4, 0.5) is 13.2 Å². The van der Waals surface area contributed by atoms with Gasteiger partial charge >= 0.3 is 0 Å². The topological polar surface area (TPSA) is 61.7 Å². The van der Waals surface area contributed by atoms with E-state index in [4.69, 9.17) is 10.00 Å². The molecule has 0 saturated carbocycles. The lowest BCUT2D eigenvalue weighted by Crippen LogP contribution is -1.90. The van der Waals surface area contributed by atoms with Crippen molar-refractivity contribution >= 4 is 22.7 Å². The molecule has 0 atom stereocenters. The van der Waals surface area contributed by atoms with Gasteiger partial charge in [0.05, 0.1) is 17.0 Å². The molecule has 0 spiro atoms. The van der Waals surface area contributed by atoms with Gasteiger partial charge in [-0.2, -0.15) is 19.1 Å². The number of hydrogen-bond donors (Lipinski definition) is 1. The number of rotatable bonds is 4. The Morgan fingerprint density at radius 3 is 2.62 bits per heavy atom. The zero-order valence-electron chi connectivity index (χ0n) is 14.3. The molecule has 1 N–H and O–H groups in total. The van der Waals surface area contributed by atoms with Gasteiger partial charge in [0, 0.05) is 16.7 Å². The summed E-state index contributed by atoms with van der Waals surface area (Å²) in [7, 11) is 0. The first-order chi connectivity index (χ1) is 12.5. The zero-order chi connectivity index (χ0) is 19.3. The van der Waals surface area contributed by atoms with Crippen molar-refractivity contribution in [1.82, 2.24) is 10.2 Å². The van der Waals surface area contributed by atoms with E-state index in [9.17, 15) is 13.2 Å². The quantitative estimate of drug-likeness (QED) is 0.564. The fourth-order valence-electron chi connectivity index (χ4n) is 2.31. The van der Waals surface area contributed by atoms with Crippen molar-refractivity contribution in [2.45, 2.75) is 31.4 Å². The number of alkyl halides is 2. The smallest absolute Gasteiger partial charge is 0.288 e. The van der Waals surface area contributed by atoms with Crippen LogP contribution in [-0.2, 0) is 0 Å². The van der Waals surface area contributed by atoms with Crippen LogP contribution in [0.2, 0.25) is 0 Å². The van der Waals surface area contributed by atoms with Crippen LogP contribution in [0.5, 0.6) is 11.5 Å². The first-order valence-electron chi connectivity index (χ1n) is 7.79. The minimum atomic E-state index is -2.57. The molecule has 0 bridgehead atoms. The van der Waals surface area contributed by atoms with E-state index in [0.717, 1.165) is 12.1 Å². The number of aryl methyl sites for hydroxylation is 1. The Hall–Kier alpha value is -2.66. The second-order valence-corrected chi connectivity index (χ2v) is 5.93. The predicted molar refractivity (Wildman–Crippen MR) is 95.2 cm³/mol. The van der Waals surface area contributed by atoms with Crippen LogP contribution in [-0.4, -0.2) is 16.0 Å². The average Bonchev–Trinajstić information content (AvgIpc) is 3.00. The second-order valence-electron chi connectivity index (χ2n) is 4.90. The van der Waals surface area contributed by atoms with Crippen LogP contribution in [0.25, 0.3) is 10.9 Å². The van der Waals surface area contributed by atoms with Crippen molar-refractivity contribution in [1.29, 1.82) is 5.26 Å². The van der Waals surface area contributed by atoms with Crippen molar-refractivity contribution in [2.24, 2.45) is 0 Å². The highest BCUT2D eigenvalue weighted by Crippen LogP contribution is 2.38. The van der Waals surface area contributed by atoms with Crippen LogP contribution in [0.15, 0.2) is 35.2 Å². The number of H-pyrrole nitrogens is 1. The minimum absolute atomic E-state index is 0.120. The molecule has 2 aromatic carbocycles. The molecule has 0 aliphatic carbocycles. The molecular formula is C18H16F3N3OS. The first kappa shape index (κ1) is 19.7. The fourth-order valence-corrected chi connectivity index (χ4v) is 2.91. The van der Waals surface area contributed by atoms with Gasteiger partial charge in [0.25, 0.3) is 5.76 Å². The molecular weight excluding hydrogens is 363 g/mol. The summed E-state index contributed by atoms with van der Waals surface area (Å²) in [6.07, 6.45) is 0. The molecule has 0 aliphatic heterocycles. The number of nitrogens with zero attached hydrogens (tertiary/aromatic N) is 2. The van der Waals surface area contributed by atoms with E-state index in [1.807, 2.05) is 19.9 Å². The average molecular weight is 379 g/mol. The number of aromatic nitrogens is 2. The standard InChI is InChI=1S/C16H10F3N3OS.C2H6/c1-8-14-12(23-11-5-9(7-20)4-10(17)6-11)2-3-13(24-16(18)19)15(14)22-21-8;1-2/h2-6,16H,1H3,(H,21,22);1-2H3. The van der Waals surface area contributed by atoms with Gasteiger partial charge in [-0.05, 0) is 31.2 Å². The van der Waals surface area contributed by atoms with Crippen molar-refractivity contribution in [3.63, 3.8) is 0 Å². The number of nitrogens with one attached hydrogen (secondary N) is 1. The summed E-state index contributed by atoms with van der Waals surface area (Å²) in [6.45, 7) is 5.73. The largest absolute Gasteiger partial charge is 0.456 e. The number of hydrogen-bond acceptors (Lipinski definition) is 4. The summed E-state index contributed by atoms with van der Waals surface area (Å²) >= 11 is 0.390. The Kier molecular flexibility index (Phi) is 6.52. The maximum absolute atomic E-state index is 13.5. The molecule has 0 saturated heterocycles. The van der Waals surface area contributed by atoms with Gasteiger partial charge in [0.2, 0.25) is 0 Å². The maximum Gasteiger partial charge on any atom is 0.288 e. The van der Waals surface area contributed by atoms with E-state index >= 15 is 0 Å². The van der Waals surface area contributed by atoms with Gasteiger partial charge in [-0.15, -0.1) is 0 Å². The number of fused-ring (bicyclic) bond motifs is 1. The van der Waals surface area contributed by atoms with Crippen molar-refractivity contribution in [3.05, 3.63) is 47.4 Å². The van der Waals surface area contributed by atoms with Gasteiger partial charge < -0.3 is 4.74 Å². The fraction of sp³-hybridized carbons (Fsp3) is 0.222. The molecule has 0 fully saturated rings. The number of thioether (sulfide) groups is 1. The Morgan fingerprint density at radius 2 is 1.96 bits per heavy atom. The van der Waals surface area contributed by atoms with E-state index in [1.54, 1.807) is 6.92 Å². The summed E-state index contributed by atoms with van der Waals surface area (Å²) < 4.78 is 44.5. The zero-order valence-corrected chi connectivity index (χ0v) is 15.1. The molecule has 0 amide bonds. The molecule has 0 aliphatic rings. The third kappa shape index (κ3) is 4.29. The Balaban J connectivity index is 0.00000117. The lowest BCUT2D eigenvalue weighted by atomic mass is 10.2. The highest BCUT2D eigenvalue weighted by atomic mass is 32.2. The summed E-state index contributed by atoms with van der Waals surface area (Å²) in [5, 5.41) is 16.2. The Labute approximate surface area is 153 Å². The molecule has 4 nitrogen and oxygen atoms in total. The third-order valence-electron chi connectivity index (χ3n) is 3.26. The van der Waals surface area contributed by atoms with Gasteiger partial charge in [-0.25, -0.2) is 4.39 Å². The van der Waals surface area contributed by atoms with Gasteiger partial charge in [-0.3, -0.25) is 5.10 Å². The molecule has 136 valence electrons. The molecule has 3 rings (SSSR count). The van der Waals surface area contributed by atoms with Crippen LogP contribution in [0.1, 0.15) is 25.1 Å². The highest BCUT2D eigenvalue weighted by molar-refractivity contribution is 7.99. The third-order valence-corrected chi connectivity index (χ3v) is 4.02. The first-order valence-corrected chi connectivity index (χ1v) is 8.67. The summed E-state index contributed by atoms with van der Waals surface area (Å²) in [6, 6.07) is 8.46. The minimum Gasteiger partial charge on any atom is -0.456 e. The second kappa shape index (κ2) is 8.63. The van der Waals surface area contributed by atoms with Crippen LogP contribution < -0.4 is 4.74 Å². The molecule has 1 aromatic heterocycles. The van der Waals surface area contributed by atoms with Crippen molar-refractivity contribution < 1.29 is 17.9 Å². The van der Waals surface area contributed by atoms with Crippen LogP contribution in [0.3, 0.4) is 0 Å². The molecule has 8 heteroatoms. The number of benzene rings is 2. The molecule has 0 unspecified atom stereocenters. The summed E-state index contributed by atoms with van der Waals surface area (Å²) in [5.74, 6) is -2.69. The molecule has 0 radical (unpaired) electrons. The summed E-state index contributed by atoms with van der Waals surface area (Å²) in [5.41, 5.74) is 1.11. The predicted octanol–water partition coefficient (Wildman–Crippen LogP) is 6.02. The van der Waals surface area contributed by atoms with Gasteiger partial charge in [-0.1, -0.05) is 25.6 Å². The van der Waals surface area contributed by atoms with E-state index in [2.05, 4.69) is 10.2 Å². The SMILES string of the molecule is CC.Cc1[nH]nc2c(SC(F)F)ccc(Oc3cc(F)cc(C#N)c3)c12. The lowest BCUT2D eigenvalue weighted by molar-refractivity contribution is 0.252. The highest BCUT2D eigenvalue weighted by Gasteiger charge is 2.17. The Morgan fingerprint density at radius 1 is 1.23 bits per heavy atom. The van der Waals surface area contributed by atoms with E-state index in [0.29, 0.717) is 39.0 Å². The molecule has 26 heavy (non-hydrogen) atoms. The van der Waals surface area contributed by atoms with E-state index < -0.39 is 11.6 Å². The monoisotopic (exact) mass is 379 g/mol. The number of nitriles is 1. The van der Waals surface area contributed by atoms with E-state index in [1.165, 1.54) is 18.2 Å². The Bertz CT molecular complexity index is 951. The number of ether oxygens (including phenoxy) is 1. The number of halogens is 3.